The lowest BCUT2D eigenvalue weighted by Gasteiger charge is -2.39. The quantitative estimate of drug-likeness (QED) is 0.748. The summed E-state index contributed by atoms with van der Waals surface area (Å²) >= 11 is 0. The van der Waals surface area contributed by atoms with Gasteiger partial charge < -0.3 is 24.3 Å². The molecule has 11 heteroatoms. The Labute approximate surface area is 180 Å². The second-order valence-corrected chi connectivity index (χ2v) is 8.04. The molecule has 1 aromatic rings. The van der Waals surface area contributed by atoms with Crippen molar-refractivity contribution >= 4 is 17.7 Å². The van der Waals surface area contributed by atoms with Crippen molar-refractivity contribution in [3.63, 3.8) is 0 Å². The molecule has 3 aliphatic heterocycles. The Hall–Kier alpha value is -3.08. The Morgan fingerprint density at radius 2 is 1.77 bits per heavy atom. The van der Waals surface area contributed by atoms with Crippen LogP contribution in [0.5, 0.6) is 5.75 Å². The molecule has 4 rings (SSSR count). The fourth-order valence-corrected chi connectivity index (χ4v) is 3.73. The molecule has 0 bridgehead atoms. The Morgan fingerprint density at radius 3 is 2.42 bits per heavy atom. The molecule has 9 nitrogen and oxygen atoms in total. The molecule has 0 radical (unpaired) electrons. The van der Waals surface area contributed by atoms with E-state index in [4.69, 9.17) is 4.74 Å². The smallest absolute Gasteiger partial charge is 0.331 e. The summed E-state index contributed by atoms with van der Waals surface area (Å²) < 4.78 is 34.8. The van der Waals surface area contributed by atoms with Crippen LogP contribution in [0.3, 0.4) is 0 Å². The Balaban J connectivity index is 1.40. The Kier molecular flexibility index (Phi) is 5.86. The van der Waals surface area contributed by atoms with E-state index in [1.165, 1.54) is 12.1 Å². The van der Waals surface area contributed by atoms with Crippen LogP contribution in [-0.2, 0) is 0 Å². The van der Waals surface area contributed by atoms with Crippen LogP contribution in [0.1, 0.15) is 0 Å². The minimum absolute atomic E-state index is 0.0551. The molecule has 0 unspecified atom stereocenters. The van der Waals surface area contributed by atoms with Crippen LogP contribution in [0.2, 0.25) is 0 Å². The topological polar surface area (TPSA) is 66.9 Å². The van der Waals surface area contributed by atoms with Gasteiger partial charge >= 0.3 is 6.03 Å². The number of amides is 2. The van der Waals surface area contributed by atoms with E-state index < -0.39 is 11.6 Å². The zero-order chi connectivity index (χ0) is 22.1. The van der Waals surface area contributed by atoms with Crippen molar-refractivity contribution in [1.29, 1.82) is 0 Å². The van der Waals surface area contributed by atoms with Crippen LogP contribution in [0.25, 0.3) is 0 Å². The minimum Gasteiger partial charge on any atom is -0.492 e. The fourth-order valence-electron chi connectivity index (χ4n) is 3.73. The van der Waals surface area contributed by atoms with E-state index in [-0.39, 0.29) is 17.5 Å². The number of guanidine groups is 1. The molecule has 0 spiro atoms. The van der Waals surface area contributed by atoms with E-state index in [0.29, 0.717) is 57.8 Å². The zero-order valence-electron chi connectivity index (χ0n) is 17.9. The molecule has 1 aromatic carbocycles. The number of rotatable bonds is 5. The molecule has 31 heavy (non-hydrogen) atoms. The minimum atomic E-state index is -0.647. The van der Waals surface area contributed by atoms with Crippen LogP contribution in [-0.4, -0.2) is 98.7 Å². The number of nitrogens with one attached hydrogen (secondary N) is 1. The highest BCUT2D eigenvalue weighted by Gasteiger charge is 2.33. The second kappa shape index (κ2) is 8.58. The summed E-state index contributed by atoms with van der Waals surface area (Å²) in [4.78, 5) is 25.8. The summed E-state index contributed by atoms with van der Waals surface area (Å²) in [5.41, 5.74) is -0.0551. The third-order valence-corrected chi connectivity index (χ3v) is 5.35. The van der Waals surface area contributed by atoms with Crippen LogP contribution in [0, 0.1) is 11.6 Å². The Morgan fingerprint density at radius 1 is 1.13 bits per heavy atom. The van der Waals surface area contributed by atoms with Gasteiger partial charge in [-0.1, -0.05) is 0 Å². The van der Waals surface area contributed by atoms with E-state index in [2.05, 4.69) is 10.3 Å². The van der Waals surface area contributed by atoms with Gasteiger partial charge in [-0.25, -0.2) is 13.6 Å². The third-order valence-electron chi connectivity index (χ3n) is 5.35. The fraction of sp³-hybridized carbons (Fsp3) is 0.500. The van der Waals surface area contributed by atoms with Crippen LogP contribution in [0.15, 0.2) is 29.1 Å². The zero-order valence-corrected chi connectivity index (χ0v) is 17.9. The van der Waals surface area contributed by atoms with Gasteiger partial charge in [-0.3, -0.25) is 10.2 Å². The van der Waals surface area contributed by atoms with Gasteiger partial charge in [-0.2, -0.15) is 4.99 Å². The first kappa shape index (κ1) is 21.2. The maximum Gasteiger partial charge on any atom is 0.331 e. The number of aliphatic imine (C=N–C) groups is 1. The highest BCUT2D eigenvalue weighted by Crippen LogP contribution is 2.29. The maximum atomic E-state index is 14.7. The van der Waals surface area contributed by atoms with E-state index in [1.807, 2.05) is 42.0 Å². The molecule has 3 aliphatic rings. The number of piperazine rings is 1. The highest BCUT2D eigenvalue weighted by atomic mass is 19.1. The number of fused-ring (bicyclic) bond motifs is 1. The molecule has 3 heterocycles. The first-order valence-electron chi connectivity index (χ1n) is 10.2. The van der Waals surface area contributed by atoms with Gasteiger partial charge in [-0.05, 0) is 14.1 Å². The molecule has 0 atom stereocenters. The average molecular weight is 435 g/mol. The molecule has 1 saturated heterocycles. The van der Waals surface area contributed by atoms with Crippen molar-refractivity contribution in [1.82, 2.24) is 24.9 Å². The number of likely N-dealkylation sites (N-methyl/N-ethyl adjacent to an activating group) is 1. The molecule has 2 amide bonds. The number of benzene rings is 1. The van der Waals surface area contributed by atoms with Gasteiger partial charge in [0, 0.05) is 58.1 Å². The lowest BCUT2D eigenvalue weighted by Crippen LogP contribution is -2.57. The summed E-state index contributed by atoms with van der Waals surface area (Å²) in [5, 5.41) is 2.80. The number of hydrogen-bond acceptors (Lipinski definition) is 7. The lowest BCUT2D eigenvalue weighted by molar-refractivity contribution is 0.203. The van der Waals surface area contributed by atoms with E-state index in [0.717, 1.165) is 0 Å². The van der Waals surface area contributed by atoms with Crippen molar-refractivity contribution in [3.05, 3.63) is 35.8 Å². The van der Waals surface area contributed by atoms with Crippen LogP contribution >= 0.6 is 0 Å². The normalized spacial score (nSPS) is 18.8. The molecule has 0 saturated carbocycles. The summed E-state index contributed by atoms with van der Waals surface area (Å²) in [5.74, 6) is -0.0608. The summed E-state index contributed by atoms with van der Waals surface area (Å²) in [6.45, 7) is 3.20. The molecule has 1 N–H and O–H groups in total. The Bertz CT molecular complexity index is 890. The standard InChI is InChI=1S/C20H27F2N7O2/c1-25(2)8-9-31-14-10-15(21)18(16(22)11-14)27-4-6-28(7-5-27)19-23-17-12-26(3)13-29(17)20(30)24-19/h10-12H,4-9,13H2,1-3H3,(H,23,24,30). The number of carbonyl (C=O) groups excluding carboxylic acids is 1. The van der Waals surface area contributed by atoms with Gasteiger partial charge in [0.15, 0.2) is 17.5 Å². The molecular formula is C20H27F2N7O2. The summed E-state index contributed by atoms with van der Waals surface area (Å²) in [6.07, 6.45) is 1.81. The first-order chi connectivity index (χ1) is 14.8. The van der Waals surface area contributed by atoms with Crippen molar-refractivity contribution in [2.24, 2.45) is 4.99 Å². The number of hydrogen-bond donors (Lipinski definition) is 1. The first-order valence-corrected chi connectivity index (χ1v) is 10.2. The molecule has 0 aromatic heterocycles. The number of ether oxygens (including phenoxy) is 1. The van der Waals surface area contributed by atoms with E-state index in [9.17, 15) is 13.6 Å². The van der Waals surface area contributed by atoms with Crippen molar-refractivity contribution in [2.45, 2.75) is 0 Å². The van der Waals surface area contributed by atoms with Crippen LogP contribution < -0.4 is 15.0 Å². The van der Waals surface area contributed by atoms with Gasteiger partial charge in [0.1, 0.15) is 24.7 Å². The SMILES string of the molecule is CN(C)CCOc1cc(F)c(N2CCN(C3=NC4=CN(C)CN4C(=O)N3)CC2)c(F)c1. The van der Waals surface area contributed by atoms with Crippen molar-refractivity contribution < 1.29 is 18.3 Å². The molecule has 0 aliphatic carbocycles. The number of urea groups is 1. The van der Waals surface area contributed by atoms with Gasteiger partial charge in [0.05, 0.1) is 0 Å². The van der Waals surface area contributed by atoms with Crippen LogP contribution in [0.4, 0.5) is 19.3 Å². The summed E-state index contributed by atoms with van der Waals surface area (Å²) in [7, 11) is 5.67. The van der Waals surface area contributed by atoms with Crippen molar-refractivity contribution in [2.75, 3.05) is 72.0 Å². The highest BCUT2D eigenvalue weighted by molar-refractivity contribution is 5.99. The predicted molar refractivity (Wildman–Crippen MR) is 113 cm³/mol. The number of carbonyl (C=O) groups is 1. The number of halogens is 2. The average Bonchev–Trinajstić information content (AvgIpc) is 3.08. The van der Waals surface area contributed by atoms with Gasteiger partial charge in [0.25, 0.3) is 0 Å². The largest absolute Gasteiger partial charge is 0.492 e. The summed E-state index contributed by atoms with van der Waals surface area (Å²) in [6, 6.07) is 2.22. The van der Waals surface area contributed by atoms with Crippen molar-refractivity contribution in [3.8, 4) is 5.75 Å². The molecule has 168 valence electrons. The number of anilines is 1. The monoisotopic (exact) mass is 435 g/mol. The lowest BCUT2D eigenvalue weighted by atomic mass is 10.2. The molecule has 1 fully saturated rings. The maximum absolute atomic E-state index is 14.7. The predicted octanol–water partition coefficient (Wildman–Crippen LogP) is 1.11. The van der Waals surface area contributed by atoms with Gasteiger partial charge in [0.2, 0.25) is 5.96 Å². The van der Waals surface area contributed by atoms with E-state index >= 15 is 0 Å². The van der Waals surface area contributed by atoms with E-state index in [1.54, 1.807) is 9.80 Å². The molecular weight excluding hydrogens is 408 g/mol. The van der Waals surface area contributed by atoms with Gasteiger partial charge in [-0.15, -0.1) is 0 Å². The second-order valence-electron chi connectivity index (χ2n) is 8.04. The third kappa shape index (κ3) is 4.50. The number of nitrogens with zero attached hydrogens (tertiary/aromatic N) is 6.